The normalized spacial score (nSPS) is 15.8. The molecule has 0 aromatic heterocycles. The van der Waals surface area contributed by atoms with Crippen LogP contribution in [0.2, 0.25) is 0 Å². The van der Waals surface area contributed by atoms with Crippen molar-refractivity contribution in [1.29, 1.82) is 0 Å². The lowest BCUT2D eigenvalue weighted by Crippen LogP contribution is -2.12. The summed E-state index contributed by atoms with van der Waals surface area (Å²) in [4.78, 5) is 0. The van der Waals surface area contributed by atoms with Gasteiger partial charge in [0.05, 0.1) is 7.43 Å². The molecule has 110 valence electrons. The maximum atomic E-state index is 6.14. The largest absolute Gasteiger partial charge is 0.327 e. The number of allylic oxidation sites excluding steroid dienone is 2. The Bertz CT molecular complexity index is 333. The Balaban J connectivity index is 4.79. The van der Waals surface area contributed by atoms with Gasteiger partial charge in [0.2, 0.25) is 0 Å². The van der Waals surface area contributed by atoms with Crippen molar-refractivity contribution in [2.45, 2.75) is 27.2 Å². The van der Waals surface area contributed by atoms with Crippen LogP contribution in [0.25, 0.3) is 0 Å². The molecule has 0 aliphatic carbocycles. The third-order valence-electron chi connectivity index (χ3n) is 2.64. The lowest BCUT2D eigenvalue weighted by Gasteiger charge is -2.19. The SMILES string of the molecule is CC/C=C(/C=C\C(=C\C(C)C)CN)CN(C)P(C)Cl. The van der Waals surface area contributed by atoms with Crippen molar-refractivity contribution in [3.05, 3.63) is 35.5 Å². The van der Waals surface area contributed by atoms with Gasteiger partial charge in [-0.3, -0.25) is 4.67 Å². The molecule has 0 saturated heterocycles. The fourth-order valence-corrected chi connectivity index (χ4v) is 2.16. The zero-order valence-corrected chi connectivity index (χ0v) is 14.5. The molecular weight excluding hydrogens is 275 g/mol. The molecular formula is C15H28ClN2P. The van der Waals surface area contributed by atoms with E-state index in [4.69, 9.17) is 17.0 Å². The molecule has 19 heavy (non-hydrogen) atoms. The third kappa shape index (κ3) is 9.40. The summed E-state index contributed by atoms with van der Waals surface area (Å²) in [5.41, 5.74) is 8.24. The van der Waals surface area contributed by atoms with Gasteiger partial charge in [0.15, 0.2) is 0 Å². The lowest BCUT2D eigenvalue weighted by molar-refractivity contribution is 0.611. The monoisotopic (exact) mass is 302 g/mol. The molecule has 0 fully saturated rings. The molecule has 2 nitrogen and oxygen atoms in total. The van der Waals surface area contributed by atoms with Crippen molar-refractivity contribution < 1.29 is 0 Å². The summed E-state index contributed by atoms with van der Waals surface area (Å²) >= 11 is 6.14. The first-order valence-electron chi connectivity index (χ1n) is 6.79. The highest BCUT2D eigenvalue weighted by Crippen LogP contribution is 2.40. The Morgan fingerprint density at radius 1 is 1.32 bits per heavy atom. The third-order valence-corrected chi connectivity index (χ3v) is 4.50. The maximum absolute atomic E-state index is 6.14. The van der Waals surface area contributed by atoms with Crippen molar-refractivity contribution >= 4 is 18.7 Å². The van der Waals surface area contributed by atoms with Crippen molar-refractivity contribution in [2.75, 3.05) is 26.8 Å². The molecule has 0 bridgehead atoms. The van der Waals surface area contributed by atoms with Crippen LogP contribution < -0.4 is 5.73 Å². The van der Waals surface area contributed by atoms with Gasteiger partial charge >= 0.3 is 0 Å². The van der Waals surface area contributed by atoms with Crippen molar-refractivity contribution in [3.63, 3.8) is 0 Å². The van der Waals surface area contributed by atoms with Crippen LogP contribution >= 0.6 is 18.7 Å². The number of hydrogen-bond acceptors (Lipinski definition) is 2. The highest BCUT2D eigenvalue weighted by molar-refractivity contribution is 7.81. The summed E-state index contributed by atoms with van der Waals surface area (Å²) in [6.45, 7) is 10.00. The van der Waals surface area contributed by atoms with E-state index in [2.05, 4.69) is 56.8 Å². The van der Waals surface area contributed by atoms with E-state index in [-0.39, 0.29) is 0 Å². The van der Waals surface area contributed by atoms with Crippen LogP contribution in [0.5, 0.6) is 0 Å². The first-order valence-corrected chi connectivity index (χ1v) is 9.43. The summed E-state index contributed by atoms with van der Waals surface area (Å²) < 4.78 is 2.18. The smallest absolute Gasteiger partial charge is 0.0594 e. The second-order valence-corrected chi connectivity index (χ2v) is 8.01. The van der Waals surface area contributed by atoms with Crippen LogP contribution in [0.1, 0.15) is 27.2 Å². The molecule has 0 aromatic carbocycles. The minimum Gasteiger partial charge on any atom is -0.327 e. The van der Waals surface area contributed by atoms with Crippen LogP contribution in [0.3, 0.4) is 0 Å². The fraction of sp³-hybridized carbons (Fsp3) is 0.600. The molecule has 1 unspecified atom stereocenters. The van der Waals surface area contributed by atoms with Crippen LogP contribution in [0.4, 0.5) is 0 Å². The zero-order valence-electron chi connectivity index (χ0n) is 12.9. The van der Waals surface area contributed by atoms with Crippen LogP contribution in [0, 0.1) is 5.92 Å². The van der Waals surface area contributed by atoms with Gasteiger partial charge in [-0.15, -0.1) is 0 Å². The van der Waals surface area contributed by atoms with E-state index >= 15 is 0 Å². The van der Waals surface area contributed by atoms with Gasteiger partial charge in [0, 0.05) is 13.1 Å². The van der Waals surface area contributed by atoms with Crippen molar-refractivity contribution in [3.8, 4) is 0 Å². The van der Waals surface area contributed by atoms with Gasteiger partial charge in [0.25, 0.3) is 0 Å². The average Bonchev–Trinajstić information content (AvgIpc) is 2.33. The van der Waals surface area contributed by atoms with Crippen molar-refractivity contribution in [1.82, 2.24) is 4.67 Å². The Hall–Kier alpha value is -0.140. The molecule has 0 aliphatic heterocycles. The lowest BCUT2D eigenvalue weighted by atomic mass is 10.1. The van der Waals surface area contributed by atoms with Crippen LogP contribution in [0.15, 0.2) is 35.5 Å². The van der Waals surface area contributed by atoms with Gasteiger partial charge in [-0.05, 0) is 37.2 Å². The van der Waals surface area contributed by atoms with E-state index in [1.165, 1.54) is 11.1 Å². The quantitative estimate of drug-likeness (QED) is 0.527. The maximum Gasteiger partial charge on any atom is 0.0594 e. The minimum atomic E-state index is -0.557. The molecule has 0 heterocycles. The van der Waals surface area contributed by atoms with Crippen LogP contribution in [-0.4, -0.2) is 31.5 Å². The summed E-state index contributed by atoms with van der Waals surface area (Å²) in [5.74, 6) is 0.524. The van der Waals surface area contributed by atoms with Gasteiger partial charge in [-0.1, -0.05) is 56.3 Å². The summed E-state index contributed by atoms with van der Waals surface area (Å²) in [6.07, 6.45) is 9.77. The number of halogens is 1. The molecule has 0 amide bonds. The van der Waals surface area contributed by atoms with E-state index in [1.54, 1.807) is 0 Å². The summed E-state index contributed by atoms with van der Waals surface area (Å²) in [7, 11) is 1.50. The van der Waals surface area contributed by atoms with E-state index in [1.807, 2.05) is 6.66 Å². The second kappa shape index (κ2) is 10.6. The first-order chi connectivity index (χ1) is 8.90. The highest BCUT2D eigenvalue weighted by Gasteiger charge is 2.06. The standard InChI is InChI=1S/C15H28ClN2P/c1-6-7-14(12-18(4)19(5)16)8-9-15(11-17)10-13(2)3/h7-10,13H,6,11-12,17H2,1-5H3/b9-8-,14-7-,15-10-. The number of nitrogens with zero attached hydrogens (tertiary/aromatic N) is 1. The fourth-order valence-electron chi connectivity index (χ4n) is 1.64. The molecule has 0 saturated carbocycles. The molecule has 1 atom stereocenters. The van der Waals surface area contributed by atoms with E-state index < -0.39 is 7.43 Å². The Labute approximate surface area is 125 Å². The second-order valence-electron chi connectivity index (χ2n) is 4.97. The summed E-state index contributed by atoms with van der Waals surface area (Å²) in [5, 5.41) is 0. The molecule has 4 heteroatoms. The number of likely N-dealkylation sites (N-methyl/N-ethyl adjacent to an activating group) is 1. The van der Waals surface area contributed by atoms with Crippen molar-refractivity contribution in [2.24, 2.45) is 11.7 Å². The van der Waals surface area contributed by atoms with Gasteiger partial charge in [-0.2, -0.15) is 0 Å². The molecule has 0 rings (SSSR count). The zero-order chi connectivity index (χ0) is 14.8. The van der Waals surface area contributed by atoms with Crippen LogP contribution in [-0.2, 0) is 0 Å². The first kappa shape index (κ1) is 18.9. The van der Waals surface area contributed by atoms with Gasteiger partial charge in [0.1, 0.15) is 0 Å². The number of nitrogens with two attached hydrogens (primary N) is 1. The highest BCUT2D eigenvalue weighted by atomic mass is 35.7. The molecule has 0 aliphatic rings. The predicted octanol–water partition coefficient (Wildman–Crippen LogP) is 4.53. The predicted molar refractivity (Wildman–Crippen MR) is 90.8 cm³/mol. The van der Waals surface area contributed by atoms with Gasteiger partial charge in [-0.25, -0.2) is 0 Å². The topological polar surface area (TPSA) is 29.3 Å². The Morgan fingerprint density at radius 3 is 2.32 bits per heavy atom. The minimum absolute atomic E-state index is 0.524. The van der Waals surface area contributed by atoms with E-state index in [9.17, 15) is 0 Å². The number of hydrogen-bond donors (Lipinski definition) is 1. The van der Waals surface area contributed by atoms with Gasteiger partial charge < -0.3 is 5.73 Å². The Kier molecular flexibility index (Phi) is 10.5. The Morgan fingerprint density at radius 2 is 1.89 bits per heavy atom. The molecule has 0 radical (unpaired) electrons. The molecule has 2 N–H and O–H groups in total. The average molecular weight is 303 g/mol. The summed E-state index contributed by atoms with van der Waals surface area (Å²) in [6, 6.07) is 0. The number of rotatable bonds is 8. The molecule has 0 aromatic rings. The van der Waals surface area contributed by atoms with E-state index in [0.717, 1.165) is 13.0 Å². The molecule has 0 spiro atoms. The van der Waals surface area contributed by atoms with E-state index in [0.29, 0.717) is 12.5 Å².